The Hall–Kier alpha value is -2.78. The van der Waals surface area contributed by atoms with Crippen LogP contribution in [0.15, 0.2) is 60.2 Å². The minimum absolute atomic E-state index is 0.0553. The van der Waals surface area contributed by atoms with E-state index in [4.69, 9.17) is 12.2 Å². The molecular formula is C24H20IN3O2S. The number of carbonyl (C=O) groups excluding carboxylic acids is 2. The number of aromatic nitrogens is 1. The maximum Gasteiger partial charge on any atom is 0.270 e. The van der Waals surface area contributed by atoms with E-state index in [1.54, 1.807) is 6.08 Å². The van der Waals surface area contributed by atoms with E-state index >= 15 is 0 Å². The number of rotatable bonds is 3. The number of aryl methyl sites for hydroxylation is 2. The molecule has 1 aliphatic rings. The van der Waals surface area contributed by atoms with Crippen LogP contribution in [0.3, 0.4) is 0 Å². The van der Waals surface area contributed by atoms with Gasteiger partial charge in [-0.25, -0.2) is 0 Å². The Morgan fingerprint density at radius 2 is 1.74 bits per heavy atom. The quantitative estimate of drug-likeness (QED) is 0.224. The summed E-state index contributed by atoms with van der Waals surface area (Å²) in [6.07, 6.45) is 1.65. The zero-order valence-electron chi connectivity index (χ0n) is 17.3. The lowest BCUT2D eigenvalue weighted by Gasteiger charge is -2.30. The smallest absolute Gasteiger partial charge is 0.270 e. The van der Waals surface area contributed by atoms with E-state index in [0.29, 0.717) is 5.69 Å². The van der Waals surface area contributed by atoms with E-state index in [1.165, 1.54) is 4.90 Å². The molecule has 0 saturated carbocycles. The summed E-state index contributed by atoms with van der Waals surface area (Å²) in [5, 5.41) is 2.75. The highest BCUT2D eigenvalue weighted by Crippen LogP contribution is 2.27. The molecule has 3 aromatic rings. The molecule has 4 rings (SSSR count). The summed E-state index contributed by atoms with van der Waals surface area (Å²) >= 11 is 7.59. The standard InChI is InChI=1S/C24H20IN3O2S/c1-14-7-4-5-10-21(14)28-23(30)20(22(29)26-24(28)31)12-17-11-15(2)27(16(17)3)19-9-6-8-18(25)13-19/h4-13H,1-3H3,(H,26,29,31)/b20-12+. The molecule has 1 saturated heterocycles. The van der Waals surface area contributed by atoms with Gasteiger partial charge >= 0.3 is 0 Å². The third-order valence-electron chi connectivity index (χ3n) is 5.29. The first-order valence-electron chi connectivity index (χ1n) is 9.70. The Morgan fingerprint density at radius 3 is 2.45 bits per heavy atom. The number of amides is 2. The van der Waals surface area contributed by atoms with Crippen molar-refractivity contribution in [2.45, 2.75) is 20.8 Å². The minimum atomic E-state index is -0.487. The fourth-order valence-corrected chi connectivity index (χ4v) is 4.59. The molecule has 1 aliphatic heterocycles. The van der Waals surface area contributed by atoms with Gasteiger partial charge in [0.25, 0.3) is 11.8 Å². The van der Waals surface area contributed by atoms with Crippen LogP contribution in [0.4, 0.5) is 5.69 Å². The first kappa shape index (κ1) is 21.5. The molecule has 156 valence electrons. The number of hydrogen-bond donors (Lipinski definition) is 1. The van der Waals surface area contributed by atoms with Gasteiger partial charge in [0.05, 0.1) is 5.69 Å². The third kappa shape index (κ3) is 3.95. The predicted molar refractivity (Wildman–Crippen MR) is 135 cm³/mol. The van der Waals surface area contributed by atoms with Gasteiger partial charge in [-0.1, -0.05) is 24.3 Å². The number of nitrogens with one attached hydrogen (secondary N) is 1. The second-order valence-electron chi connectivity index (χ2n) is 7.39. The van der Waals surface area contributed by atoms with Crippen LogP contribution < -0.4 is 10.2 Å². The van der Waals surface area contributed by atoms with Gasteiger partial charge in [0, 0.05) is 20.6 Å². The van der Waals surface area contributed by atoms with Crippen LogP contribution in [0.2, 0.25) is 0 Å². The number of thiocarbonyl (C=S) groups is 1. The maximum absolute atomic E-state index is 13.3. The average Bonchev–Trinajstić information content (AvgIpc) is 2.99. The Balaban J connectivity index is 1.79. The van der Waals surface area contributed by atoms with Crippen molar-refractivity contribution in [2.75, 3.05) is 4.90 Å². The van der Waals surface area contributed by atoms with Crippen molar-refractivity contribution in [3.8, 4) is 5.69 Å². The molecule has 5 nitrogen and oxygen atoms in total. The van der Waals surface area contributed by atoms with Gasteiger partial charge in [0.15, 0.2) is 5.11 Å². The van der Waals surface area contributed by atoms with E-state index in [-0.39, 0.29) is 10.7 Å². The molecule has 0 bridgehead atoms. The van der Waals surface area contributed by atoms with Gasteiger partial charge in [-0.15, -0.1) is 0 Å². The van der Waals surface area contributed by atoms with Gasteiger partial charge in [-0.05, 0) is 103 Å². The Labute approximate surface area is 199 Å². The van der Waals surface area contributed by atoms with Crippen LogP contribution in [0.5, 0.6) is 0 Å². The number of carbonyl (C=O) groups is 2. The molecule has 0 radical (unpaired) electrons. The van der Waals surface area contributed by atoms with Crippen molar-refractivity contribution in [3.05, 3.63) is 86.3 Å². The summed E-state index contributed by atoms with van der Waals surface area (Å²) in [5.41, 5.74) is 5.42. The summed E-state index contributed by atoms with van der Waals surface area (Å²) in [4.78, 5) is 27.4. The normalized spacial score (nSPS) is 15.5. The third-order valence-corrected chi connectivity index (χ3v) is 6.25. The monoisotopic (exact) mass is 541 g/mol. The van der Waals surface area contributed by atoms with E-state index in [1.807, 2.05) is 69.3 Å². The van der Waals surface area contributed by atoms with Crippen LogP contribution in [-0.4, -0.2) is 21.5 Å². The van der Waals surface area contributed by atoms with Crippen molar-refractivity contribution >= 4 is 63.5 Å². The van der Waals surface area contributed by atoms with E-state index in [2.05, 4.69) is 38.5 Å². The van der Waals surface area contributed by atoms with E-state index < -0.39 is 11.8 Å². The lowest BCUT2D eigenvalue weighted by atomic mass is 10.1. The van der Waals surface area contributed by atoms with Gasteiger partial charge in [0.1, 0.15) is 5.57 Å². The number of nitrogens with zero attached hydrogens (tertiary/aromatic N) is 2. The fourth-order valence-electron chi connectivity index (χ4n) is 3.79. The van der Waals surface area contributed by atoms with Crippen LogP contribution in [0, 0.1) is 24.3 Å². The Morgan fingerprint density at radius 1 is 1.00 bits per heavy atom. The molecular weight excluding hydrogens is 521 g/mol. The fraction of sp³-hybridized carbons (Fsp3) is 0.125. The summed E-state index contributed by atoms with van der Waals surface area (Å²) in [7, 11) is 0. The van der Waals surface area contributed by atoms with E-state index in [0.717, 1.165) is 31.8 Å². The molecule has 0 unspecified atom stereocenters. The number of para-hydroxylation sites is 1. The lowest BCUT2D eigenvalue weighted by molar-refractivity contribution is -0.122. The lowest BCUT2D eigenvalue weighted by Crippen LogP contribution is -2.54. The minimum Gasteiger partial charge on any atom is -0.318 e. The highest BCUT2D eigenvalue weighted by Gasteiger charge is 2.35. The zero-order chi connectivity index (χ0) is 22.3. The molecule has 2 amide bonds. The summed E-state index contributed by atoms with van der Waals surface area (Å²) in [5.74, 6) is -0.916. The predicted octanol–water partition coefficient (Wildman–Crippen LogP) is 4.84. The largest absolute Gasteiger partial charge is 0.318 e. The number of anilines is 1. The van der Waals surface area contributed by atoms with Crippen LogP contribution in [0.1, 0.15) is 22.5 Å². The van der Waals surface area contributed by atoms with Gasteiger partial charge in [0.2, 0.25) is 0 Å². The Bertz CT molecular complexity index is 1280. The second-order valence-corrected chi connectivity index (χ2v) is 9.02. The van der Waals surface area contributed by atoms with Crippen molar-refractivity contribution in [3.63, 3.8) is 0 Å². The summed E-state index contributed by atoms with van der Waals surface area (Å²) in [6.45, 7) is 5.89. The number of halogens is 1. The molecule has 2 aromatic carbocycles. The van der Waals surface area contributed by atoms with E-state index in [9.17, 15) is 9.59 Å². The molecule has 0 aliphatic carbocycles. The molecule has 7 heteroatoms. The van der Waals surface area contributed by atoms with Crippen molar-refractivity contribution < 1.29 is 9.59 Å². The molecule has 1 N–H and O–H groups in total. The molecule has 0 atom stereocenters. The second kappa shape index (κ2) is 8.39. The molecule has 1 fully saturated rings. The number of hydrogen-bond acceptors (Lipinski definition) is 3. The summed E-state index contributed by atoms with van der Waals surface area (Å²) in [6, 6.07) is 17.6. The summed E-state index contributed by atoms with van der Waals surface area (Å²) < 4.78 is 3.25. The van der Waals surface area contributed by atoms with Crippen molar-refractivity contribution in [1.82, 2.24) is 9.88 Å². The maximum atomic E-state index is 13.3. The highest BCUT2D eigenvalue weighted by atomic mass is 127. The Kier molecular flexibility index (Phi) is 5.81. The number of benzene rings is 2. The molecule has 0 spiro atoms. The highest BCUT2D eigenvalue weighted by molar-refractivity contribution is 14.1. The van der Waals surface area contributed by atoms with Gasteiger partial charge in [-0.3, -0.25) is 19.8 Å². The van der Waals surface area contributed by atoms with Crippen molar-refractivity contribution in [1.29, 1.82) is 0 Å². The molecule has 1 aromatic heterocycles. The zero-order valence-corrected chi connectivity index (χ0v) is 20.2. The van der Waals surface area contributed by atoms with Crippen LogP contribution >= 0.6 is 34.8 Å². The first-order chi connectivity index (χ1) is 14.8. The van der Waals surface area contributed by atoms with Gasteiger partial charge < -0.3 is 4.57 Å². The first-order valence-corrected chi connectivity index (χ1v) is 11.2. The average molecular weight is 541 g/mol. The van der Waals surface area contributed by atoms with Crippen LogP contribution in [-0.2, 0) is 9.59 Å². The molecule has 31 heavy (non-hydrogen) atoms. The SMILES string of the molecule is Cc1ccccc1N1C(=O)/C(=C/c2cc(C)n(-c3cccc(I)c3)c2C)C(=O)NC1=S. The van der Waals surface area contributed by atoms with Gasteiger partial charge in [-0.2, -0.15) is 0 Å². The topological polar surface area (TPSA) is 54.3 Å². The van der Waals surface area contributed by atoms with Crippen molar-refractivity contribution in [2.24, 2.45) is 0 Å². The molecule has 2 heterocycles. The van der Waals surface area contributed by atoms with Crippen LogP contribution in [0.25, 0.3) is 11.8 Å².